The van der Waals surface area contributed by atoms with E-state index >= 15 is 0 Å². The molecule has 2 saturated heterocycles. The summed E-state index contributed by atoms with van der Waals surface area (Å²) < 4.78 is 37.8. The molecule has 0 aromatic carbocycles. The van der Waals surface area contributed by atoms with Crippen LogP contribution < -0.4 is 11.5 Å². The largest absolute Gasteiger partial charge is 0.466 e. The Morgan fingerprint density at radius 2 is 1.09 bits per heavy atom. The SMILES string of the molecule is CC.CC(=O)OCCCCC1OC(COC(C)=O)C(C)C(OC(C)=O)C1N.CCC(CC)CC1OC(COC(C)=O)C(CO)C(OC(C)=O)C1N.CCCCC. The Labute approximate surface area is 336 Å². The Morgan fingerprint density at radius 1 is 0.625 bits per heavy atom. The first-order valence-electron chi connectivity index (χ1n) is 20.6. The summed E-state index contributed by atoms with van der Waals surface area (Å²) in [5.41, 5.74) is 12.5. The topological polar surface area (TPSA) is 222 Å². The minimum atomic E-state index is -0.666. The van der Waals surface area contributed by atoms with Crippen LogP contribution in [0.2, 0.25) is 0 Å². The van der Waals surface area contributed by atoms with E-state index in [4.69, 9.17) is 44.6 Å². The van der Waals surface area contributed by atoms with Crippen LogP contribution in [0.1, 0.15) is 141 Å². The number of rotatable bonds is 18. The summed E-state index contributed by atoms with van der Waals surface area (Å²) in [5.74, 6) is -2.28. The zero-order chi connectivity index (χ0) is 43.4. The van der Waals surface area contributed by atoms with Gasteiger partial charge in [0.1, 0.15) is 31.5 Å². The van der Waals surface area contributed by atoms with Crippen molar-refractivity contribution in [2.24, 2.45) is 29.2 Å². The van der Waals surface area contributed by atoms with Crippen molar-refractivity contribution >= 4 is 29.8 Å². The number of carbonyl (C=O) groups is 5. The Kier molecular flexibility index (Phi) is 31.7. The summed E-state index contributed by atoms with van der Waals surface area (Å²) in [7, 11) is 0. The molecule has 2 rings (SSSR count). The summed E-state index contributed by atoms with van der Waals surface area (Å²) in [4.78, 5) is 55.8. The molecule has 0 aromatic heterocycles. The van der Waals surface area contributed by atoms with Crippen LogP contribution in [-0.2, 0) is 57.1 Å². The number of esters is 5. The van der Waals surface area contributed by atoms with E-state index in [1.54, 1.807) is 0 Å². The maximum atomic E-state index is 11.4. The molecule has 0 aromatic rings. The second kappa shape index (κ2) is 32.1. The van der Waals surface area contributed by atoms with E-state index in [1.165, 1.54) is 53.9 Å². The lowest BCUT2D eigenvalue weighted by atomic mass is 9.82. The predicted molar refractivity (Wildman–Crippen MR) is 213 cm³/mol. The molecule has 0 spiro atoms. The van der Waals surface area contributed by atoms with Crippen LogP contribution in [0.5, 0.6) is 0 Å². The average Bonchev–Trinajstić information content (AvgIpc) is 3.14. The van der Waals surface area contributed by atoms with Gasteiger partial charge >= 0.3 is 29.8 Å². The van der Waals surface area contributed by atoms with Gasteiger partial charge in [0.25, 0.3) is 0 Å². The molecule has 0 saturated carbocycles. The van der Waals surface area contributed by atoms with E-state index in [-0.39, 0.29) is 43.9 Å². The van der Waals surface area contributed by atoms with E-state index < -0.39 is 66.3 Å². The number of aliphatic hydroxyl groups is 1. The fourth-order valence-corrected chi connectivity index (χ4v) is 6.49. The van der Waals surface area contributed by atoms with Crippen molar-refractivity contribution in [3.63, 3.8) is 0 Å². The molecule has 2 fully saturated rings. The molecule has 15 nitrogen and oxygen atoms in total. The zero-order valence-electron chi connectivity index (χ0n) is 36.5. The molecule has 2 aliphatic rings. The Bertz CT molecular complexity index is 1090. The maximum absolute atomic E-state index is 11.4. The van der Waals surface area contributed by atoms with Crippen LogP contribution in [0.15, 0.2) is 0 Å². The van der Waals surface area contributed by atoms with Gasteiger partial charge < -0.3 is 49.7 Å². The summed E-state index contributed by atoms with van der Waals surface area (Å²) in [5, 5.41) is 9.72. The third-order valence-electron chi connectivity index (χ3n) is 9.65. The fourth-order valence-electron chi connectivity index (χ4n) is 6.49. The highest BCUT2D eigenvalue weighted by Gasteiger charge is 2.47. The number of unbranched alkanes of at least 4 members (excludes halogenated alkanes) is 3. The van der Waals surface area contributed by atoms with Gasteiger partial charge in [-0.05, 0) is 31.6 Å². The molecule has 0 amide bonds. The van der Waals surface area contributed by atoms with Gasteiger partial charge in [0.2, 0.25) is 0 Å². The zero-order valence-corrected chi connectivity index (χ0v) is 36.5. The minimum absolute atomic E-state index is 0.00443. The van der Waals surface area contributed by atoms with Gasteiger partial charge in [-0.1, -0.05) is 80.6 Å². The molecular formula is C41H78N2O13. The van der Waals surface area contributed by atoms with E-state index in [0.717, 1.165) is 25.7 Å². The van der Waals surface area contributed by atoms with E-state index in [9.17, 15) is 29.1 Å². The van der Waals surface area contributed by atoms with Crippen molar-refractivity contribution in [1.82, 2.24) is 0 Å². The smallest absolute Gasteiger partial charge is 0.302 e. The van der Waals surface area contributed by atoms with Crippen LogP contribution in [0, 0.1) is 17.8 Å². The molecule has 2 heterocycles. The minimum Gasteiger partial charge on any atom is -0.466 e. The number of aliphatic hydroxyl groups excluding tert-OH is 1. The number of carbonyl (C=O) groups excluding carboxylic acids is 5. The third kappa shape index (κ3) is 22.8. The Morgan fingerprint density at radius 3 is 1.52 bits per heavy atom. The van der Waals surface area contributed by atoms with Crippen LogP contribution in [0.3, 0.4) is 0 Å². The van der Waals surface area contributed by atoms with Crippen LogP contribution in [0.25, 0.3) is 0 Å². The molecule has 10 unspecified atom stereocenters. The first-order valence-corrected chi connectivity index (χ1v) is 20.6. The highest BCUT2D eigenvalue weighted by molar-refractivity contribution is 5.67. The van der Waals surface area contributed by atoms with Gasteiger partial charge in [-0.15, -0.1) is 0 Å². The quantitative estimate of drug-likeness (QED) is 0.0923. The van der Waals surface area contributed by atoms with Crippen LogP contribution in [0.4, 0.5) is 0 Å². The van der Waals surface area contributed by atoms with Gasteiger partial charge in [0.15, 0.2) is 0 Å². The van der Waals surface area contributed by atoms with Crippen LogP contribution >= 0.6 is 0 Å². The average molecular weight is 807 g/mol. The lowest BCUT2D eigenvalue weighted by Gasteiger charge is -2.45. The van der Waals surface area contributed by atoms with Gasteiger partial charge in [-0.3, -0.25) is 24.0 Å². The Hall–Kier alpha value is -2.85. The van der Waals surface area contributed by atoms with E-state index in [1.807, 2.05) is 20.8 Å². The molecule has 56 heavy (non-hydrogen) atoms. The van der Waals surface area contributed by atoms with E-state index in [0.29, 0.717) is 25.4 Å². The lowest BCUT2D eigenvalue weighted by molar-refractivity contribution is -0.199. The second-order valence-electron chi connectivity index (χ2n) is 14.1. The predicted octanol–water partition coefficient (Wildman–Crippen LogP) is 5.18. The highest BCUT2D eigenvalue weighted by atomic mass is 16.6. The van der Waals surface area contributed by atoms with Gasteiger partial charge in [0, 0.05) is 40.5 Å². The molecule has 15 heteroatoms. The molecule has 2 aliphatic heterocycles. The monoisotopic (exact) mass is 807 g/mol. The summed E-state index contributed by atoms with van der Waals surface area (Å²) in [6, 6.07) is -0.999. The highest BCUT2D eigenvalue weighted by Crippen LogP contribution is 2.32. The lowest BCUT2D eigenvalue weighted by Crippen LogP contribution is -2.61. The molecule has 0 bridgehead atoms. The first-order chi connectivity index (χ1) is 26.5. The first kappa shape index (κ1) is 55.2. The van der Waals surface area contributed by atoms with Gasteiger partial charge in [0.05, 0.1) is 49.5 Å². The van der Waals surface area contributed by atoms with Crippen molar-refractivity contribution in [2.75, 3.05) is 26.4 Å². The number of ether oxygens (including phenoxy) is 7. The van der Waals surface area contributed by atoms with Crippen molar-refractivity contribution < 1.29 is 62.2 Å². The second-order valence-corrected chi connectivity index (χ2v) is 14.1. The standard InChI is InChI=1S/C17H29NO7.C17H31NO6.C5H12.C2H6/c1-10-15(9-23-12(3)20)25-14(7-5-6-8-22-11(2)19)16(18)17(10)24-13(4)21;1-5-12(6-2)7-14-16(18)17(23-11(4)21)13(8-19)15(24-14)9-22-10(3)20;1-3-5-4-2;1-2/h10,14-17H,5-9,18H2,1-4H3;12-17,19H,5-9,18H2,1-4H3;3-5H2,1-2H3;1-2H3. The molecule has 0 radical (unpaired) electrons. The normalized spacial score (nSPS) is 26.7. The van der Waals surface area contributed by atoms with Gasteiger partial charge in [-0.2, -0.15) is 0 Å². The molecule has 0 aliphatic carbocycles. The Balaban J connectivity index is 0. The number of hydrogen-bond donors (Lipinski definition) is 3. The maximum Gasteiger partial charge on any atom is 0.302 e. The molecule has 10 atom stereocenters. The van der Waals surface area contributed by atoms with Crippen molar-refractivity contribution in [2.45, 2.75) is 190 Å². The summed E-state index contributed by atoms with van der Waals surface area (Å²) in [6.45, 7) is 21.3. The summed E-state index contributed by atoms with van der Waals surface area (Å²) >= 11 is 0. The number of nitrogens with two attached hydrogens (primary N) is 2. The number of hydrogen-bond acceptors (Lipinski definition) is 15. The molecular weight excluding hydrogens is 728 g/mol. The molecule has 5 N–H and O–H groups in total. The fraction of sp³-hybridized carbons (Fsp3) is 0.878. The van der Waals surface area contributed by atoms with Crippen LogP contribution in [-0.4, -0.2) is 110 Å². The van der Waals surface area contributed by atoms with Gasteiger partial charge in [-0.25, -0.2) is 0 Å². The summed E-state index contributed by atoms with van der Waals surface area (Å²) in [6.07, 6.45) is 6.10. The van der Waals surface area contributed by atoms with Crippen molar-refractivity contribution in [3.8, 4) is 0 Å². The van der Waals surface area contributed by atoms with Crippen molar-refractivity contribution in [1.29, 1.82) is 0 Å². The van der Waals surface area contributed by atoms with Crippen molar-refractivity contribution in [3.05, 3.63) is 0 Å². The molecule has 330 valence electrons. The third-order valence-corrected chi connectivity index (χ3v) is 9.65. The van der Waals surface area contributed by atoms with E-state index in [2.05, 4.69) is 27.7 Å².